The quantitative estimate of drug-likeness (QED) is 0.174. The fourth-order valence-corrected chi connectivity index (χ4v) is 10.5. The average molecular weight is 758 g/mol. The van der Waals surface area contributed by atoms with Crippen LogP contribution in [0.3, 0.4) is 0 Å². The maximum Gasteiger partial charge on any atom is 0.0548 e. The Labute approximate surface area is 339 Å². The molecule has 0 saturated carbocycles. The van der Waals surface area contributed by atoms with E-state index in [2.05, 4.69) is 221 Å². The highest BCUT2D eigenvalue weighted by Gasteiger charge is 2.21. The molecule has 0 amide bonds. The van der Waals surface area contributed by atoms with Crippen molar-refractivity contribution in [1.82, 2.24) is 9.13 Å². The van der Waals surface area contributed by atoms with Gasteiger partial charge >= 0.3 is 0 Å². The Morgan fingerprint density at radius 2 is 1.00 bits per heavy atom. The molecular weight excluding hydrogens is 723 g/mol. The predicted octanol–water partition coefficient (Wildman–Crippen LogP) is 15.2. The van der Waals surface area contributed by atoms with Crippen LogP contribution in [0, 0.1) is 0 Å². The molecule has 11 aromatic rings. The highest BCUT2D eigenvalue weighted by molar-refractivity contribution is 7.26. The summed E-state index contributed by atoms with van der Waals surface area (Å²) in [7, 11) is 0. The average Bonchev–Trinajstić information content (AvgIpc) is 3.93. The Kier molecular flexibility index (Phi) is 7.25. The molecule has 0 bridgehead atoms. The number of hydrogen-bond acceptors (Lipinski definition) is 2. The largest absolute Gasteiger partial charge is 0.316 e. The third kappa shape index (κ3) is 4.92. The molecule has 8 aromatic carbocycles. The van der Waals surface area contributed by atoms with Crippen LogP contribution in [-0.2, 0) is 0 Å². The van der Waals surface area contributed by atoms with Gasteiger partial charge in [0.25, 0.3) is 0 Å². The van der Waals surface area contributed by atoms with Crippen LogP contribution >= 0.6 is 11.3 Å². The van der Waals surface area contributed by atoms with Gasteiger partial charge < -0.3 is 14.0 Å². The van der Waals surface area contributed by atoms with Crippen LogP contribution in [0.2, 0.25) is 0 Å². The molecule has 12 rings (SSSR count). The van der Waals surface area contributed by atoms with Crippen molar-refractivity contribution in [2.24, 2.45) is 0 Å². The van der Waals surface area contributed by atoms with E-state index in [-0.39, 0.29) is 0 Å². The Morgan fingerprint density at radius 3 is 1.74 bits per heavy atom. The number of hydrogen-bond donors (Lipinski definition) is 0. The SMILES string of the molecule is C=C1/C=C\C=C/N(c2cccc(-n3c4ccccc4c4ccccc43)c2)c2ccc3c(sc4ccc(-c5ccc6c(c5)c5ccccc5n6-c5ccccc5)cc43)c21. The zero-order chi connectivity index (χ0) is 38.3. The molecule has 1 aliphatic heterocycles. The van der Waals surface area contributed by atoms with Crippen molar-refractivity contribution in [3.63, 3.8) is 0 Å². The van der Waals surface area contributed by atoms with E-state index < -0.39 is 0 Å². The Bertz CT molecular complexity index is 3480. The lowest BCUT2D eigenvalue weighted by Crippen LogP contribution is -2.12. The van der Waals surface area contributed by atoms with Gasteiger partial charge in [0.05, 0.1) is 27.8 Å². The van der Waals surface area contributed by atoms with Gasteiger partial charge in [0.2, 0.25) is 0 Å². The van der Waals surface area contributed by atoms with Gasteiger partial charge in [-0.1, -0.05) is 116 Å². The topological polar surface area (TPSA) is 13.1 Å². The molecule has 3 nitrogen and oxygen atoms in total. The van der Waals surface area contributed by atoms with Crippen LogP contribution in [0.1, 0.15) is 5.56 Å². The summed E-state index contributed by atoms with van der Waals surface area (Å²) in [6.45, 7) is 4.63. The summed E-state index contributed by atoms with van der Waals surface area (Å²) in [5.41, 5.74) is 13.9. The van der Waals surface area contributed by atoms with Crippen LogP contribution in [0.15, 0.2) is 207 Å². The molecule has 0 fully saturated rings. The van der Waals surface area contributed by atoms with E-state index in [0.717, 1.165) is 22.6 Å². The van der Waals surface area contributed by atoms with E-state index in [1.54, 1.807) is 0 Å². The smallest absolute Gasteiger partial charge is 0.0548 e. The molecule has 0 aliphatic carbocycles. The lowest BCUT2D eigenvalue weighted by Gasteiger charge is -2.26. The van der Waals surface area contributed by atoms with Crippen LogP contribution in [0.5, 0.6) is 0 Å². The summed E-state index contributed by atoms with van der Waals surface area (Å²) in [5, 5.41) is 7.55. The first-order chi connectivity index (χ1) is 28.7. The number of benzene rings is 8. The number of thiophene rings is 1. The number of nitrogens with zero attached hydrogens (tertiary/aromatic N) is 3. The number of fused-ring (bicyclic) bond motifs is 11. The Balaban J connectivity index is 0.989. The molecule has 3 aromatic heterocycles. The first-order valence-electron chi connectivity index (χ1n) is 19.7. The molecule has 4 heterocycles. The summed E-state index contributed by atoms with van der Waals surface area (Å²) in [4.78, 5) is 2.32. The van der Waals surface area contributed by atoms with Gasteiger partial charge in [-0.05, 0) is 102 Å². The van der Waals surface area contributed by atoms with Crippen molar-refractivity contribution in [3.8, 4) is 22.5 Å². The third-order valence-corrected chi connectivity index (χ3v) is 13.0. The molecule has 272 valence electrons. The van der Waals surface area contributed by atoms with Gasteiger partial charge in [-0.2, -0.15) is 0 Å². The summed E-state index contributed by atoms with van der Waals surface area (Å²) < 4.78 is 7.27. The molecule has 0 N–H and O–H groups in total. The molecule has 1 aliphatic rings. The molecule has 4 heteroatoms. The van der Waals surface area contributed by atoms with E-state index in [4.69, 9.17) is 0 Å². The van der Waals surface area contributed by atoms with Gasteiger partial charge in [0.15, 0.2) is 0 Å². The van der Waals surface area contributed by atoms with Crippen molar-refractivity contribution >= 4 is 92.1 Å². The minimum absolute atomic E-state index is 1.00. The van der Waals surface area contributed by atoms with Gasteiger partial charge in [-0.15, -0.1) is 11.3 Å². The molecule has 0 unspecified atom stereocenters. The number of para-hydroxylation sites is 4. The van der Waals surface area contributed by atoms with E-state index in [9.17, 15) is 0 Å². The van der Waals surface area contributed by atoms with Crippen LogP contribution < -0.4 is 4.90 Å². The molecule has 0 saturated heterocycles. The molecule has 58 heavy (non-hydrogen) atoms. The van der Waals surface area contributed by atoms with Crippen molar-refractivity contribution in [1.29, 1.82) is 0 Å². The minimum Gasteiger partial charge on any atom is -0.316 e. The van der Waals surface area contributed by atoms with Crippen molar-refractivity contribution in [2.75, 3.05) is 4.90 Å². The van der Waals surface area contributed by atoms with Crippen molar-refractivity contribution in [2.45, 2.75) is 0 Å². The Morgan fingerprint density at radius 1 is 0.414 bits per heavy atom. The van der Waals surface area contributed by atoms with E-state index in [1.165, 1.54) is 86.2 Å². The lowest BCUT2D eigenvalue weighted by atomic mass is 9.97. The van der Waals surface area contributed by atoms with Crippen LogP contribution in [-0.4, -0.2) is 9.13 Å². The summed E-state index contributed by atoms with van der Waals surface area (Å²) in [6, 6.07) is 64.1. The second kappa shape index (κ2) is 12.8. The first-order valence-corrected chi connectivity index (χ1v) is 20.5. The third-order valence-electron chi connectivity index (χ3n) is 11.8. The highest BCUT2D eigenvalue weighted by atomic mass is 32.1. The first kappa shape index (κ1) is 32.8. The van der Waals surface area contributed by atoms with Crippen molar-refractivity contribution < 1.29 is 0 Å². The number of allylic oxidation sites excluding steroid dienone is 4. The van der Waals surface area contributed by atoms with E-state index >= 15 is 0 Å². The van der Waals surface area contributed by atoms with E-state index in [0.29, 0.717) is 0 Å². The number of anilines is 2. The fourth-order valence-electron chi connectivity index (χ4n) is 9.21. The van der Waals surface area contributed by atoms with Gasteiger partial charge in [0, 0.05) is 70.5 Å². The molecule has 0 radical (unpaired) electrons. The normalized spacial score (nSPS) is 14.1. The minimum atomic E-state index is 1.00. The van der Waals surface area contributed by atoms with Gasteiger partial charge in [0.1, 0.15) is 0 Å². The summed E-state index contributed by atoms with van der Waals surface area (Å²) >= 11 is 1.85. The summed E-state index contributed by atoms with van der Waals surface area (Å²) in [6.07, 6.45) is 8.52. The van der Waals surface area contributed by atoms with Crippen molar-refractivity contribution in [3.05, 3.63) is 212 Å². The second-order valence-corrected chi connectivity index (χ2v) is 16.1. The van der Waals surface area contributed by atoms with Crippen LogP contribution in [0.25, 0.3) is 91.9 Å². The Hall–Kier alpha value is -7.40. The molecular formula is C54H35N3S. The fraction of sp³-hybridized carbons (Fsp3) is 0. The molecule has 0 spiro atoms. The summed E-state index contributed by atoms with van der Waals surface area (Å²) in [5.74, 6) is 0. The highest BCUT2D eigenvalue weighted by Crippen LogP contribution is 2.46. The maximum absolute atomic E-state index is 4.63. The van der Waals surface area contributed by atoms with Gasteiger partial charge in [-0.3, -0.25) is 0 Å². The standard InChI is InChI=1S/C54H35N3S/c1-35-14-11-12-31-55(39-17-13-18-40(34-39)57-47-22-8-5-19-41(47)42-20-6-9-23-48(42)57)51-29-27-44-46-33-37(26-30-52(46)58-54(44)53(35)51)36-25-28-50-45(32-36)43-21-7-10-24-49(43)56(50)38-15-3-2-4-16-38/h2-34H,1H2/b14-11-,31-12-. The van der Waals surface area contributed by atoms with Crippen LogP contribution in [0.4, 0.5) is 11.4 Å². The predicted molar refractivity (Wildman–Crippen MR) is 249 cm³/mol. The number of aromatic nitrogens is 2. The zero-order valence-electron chi connectivity index (χ0n) is 31.5. The molecule has 0 atom stereocenters. The van der Waals surface area contributed by atoms with Gasteiger partial charge in [-0.25, -0.2) is 0 Å². The maximum atomic E-state index is 4.63. The monoisotopic (exact) mass is 757 g/mol. The zero-order valence-corrected chi connectivity index (χ0v) is 32.3. The number of rotatable bonds is 4. The second-order valence-electron chi connectivity index (χ2n) is 15.1. The van der Waals surface area contributed by atoms with E-state index in [1.807, 2.05) is 11.3 Å². The lowest BCUT2D eigenvalue weighted by molar-refractivity contribution is 1.17.